The molecule has 0 saturated carbocycles. The zero-order chi connectivity index (χ0) is 18.5. The van der Waals surface area contributed by atoms with E-state index in [4.69, 9.17) is 21.5 Å². The molecule has 9 heteroatoms. The molecule has 0 aliphatic heterocycles. The van der Waals surface area contributed by atoms with Crippen LogP contribution in [-0.4, -0.2) is 26.1 Å². The van der Waals surface area contributed by atoms with Crippen LogP contribution in [0.15, 0.2) is 47.2 Å². The van der Waals surface area contributed by atoms with Gasteiger partial charge in [0.25, 0.3) is 5.91 Å². The standard InChI is InChI=1S/C17H15N5O3S/c1-10-14(11(2)25-22-10)15(23)21-17(26)20-12-5-3-6-13(9-12)24-16-18-7-4-8-19-16/h3-9H,1-2H3,(H2,20,21,23,26). The first-order valence-electron chi connectivity index (χ1n) is 7.63. The highest BCUT2D eigenvalue weighted by Gasteiger charge is 2.18. The lowest BCUT2D eigenvalue weighted by Gasteiger charge is -2.10. The number of carbonyl (C=O) groups excluding carboxylic acids is 1. The van der Waals surface area contributed by atoms with Crippen molar-refractivity contribution in [3.63, 3.8) is 0 Å². The van der Waals surface area contributed by atoms with E-state index < -0.39 is 0 Å². The maximum absolute atomic E-state index is 12.3. The Morgan fingerprint density at radius 1 is 1.19 bits per heavy atom. The molecular weight excluding hydrogens is 354 g/mol. The Balaban J connectivity index is 1.64. The number of carbonyl (C=O) groups is 1. The molecule has 0 bridgehead atoms. The van der Waals surface area contributed by atoms with Crippen LogP contribution in [0.3, 0.4) is 0 Å². The van der Waals surface area contributed by atoms with Crippen molar-refractivity contribution in [3.05, 3.63) is 59.7 Å². The molecule has 0 radical (unpaired) electrons. The van der Waals surface area contributed by atoms with Crippen molar-refractivity contribution in [3.8, 4) is 11.8 Å². The smallest absolute Gasteiger partial charge is 0.321 e. The first-order valence-corrected chi connectivity index (χ1v) is 8.04. The highest BCUT2D eigenvalue weighted by Crippen LogP contribution is 2.21. The van der Waals surface area contributed by atoms with E-state index in [1.807, 2.05) is 0 Å². The Bertz CT molecular complexity index is 923. The Labute approximate surface area is 154 Å². The summed E-state index contributed by atoms with van der Waals surface area (Å²) < 4.78 is 10.5. The zero-order valence-corrected chi connectivity index (χ0v) is 14.8. The van der Waals surface area contributed by atoms with Crippen molar-refractivity contribution in [2.75, 3.05) is 5.32 Å². The van der Waals surface area contributed by atoms with E-state index in [0.717, 1.165) is 0 Å². The molecular formula is C17H15N5O3S. The molecule has 3 aromatic rings. The van der Waals surface area contributed by atoms with E-state index in [1.165, 1.54) is 0 Å². The van der Waals surface area contributed by atoms with Gasteiger partial charge in [-0.3, -0.25) is 10.1 Å². The molecule has 0 spiro atoms. The second-order valence-corrected chi connectivity index (χ2v) is 5.68. The number of ether oxygens (including phenoxy) is 1. The number of thiocarbonyl (C=S) groups is 1. The third kappa shape index (κ3) is 4.19. The SMILES string of the molecule is Cc1noc(C)c1C(=O)NC(=S)Nc1cccc(Oc2ncccn2)c1. The third-order valence-electron chi connectivity index (χ3n) is 3.33. The fraction of sp³-hybridized carbons (Fsp3) is 0.118. The molecule has 2 aromatic heterocycles. The number of nitrogens with one attached hydrogen (secondary N) is 2. The maximum atomic E-state index is 12.3. The van der Waals surface area contributed by atoms with E-state index in [0.29, 0.717) is 28.5 Å². The normalized spacial score (nSPS) is 10.2. The molecule has 0 fully saturated rings. The van der Waals surface area contributed by atoms with Crippen LogP contribution in [0.4, 0.5) is 5.69 Å². The molecule has 2 N–H and O–H groups in total. The van der Waals surface area contributed by atoms with Crippen molar-refractivity contribution in [2.45, 2.75) is 13.8 Å². The van der Waals surface area contributed by atoms with Crippen LogP contribution in [0, 0.1) is 13.8 Å². The minimum atomic E-state index is -0.385. The van der Waals surface area contributed by atoms with E-state index in [2.05, 4.69) is 25.8 Å². The minimum absolute atomic E-state index is 0.142. The number of aryl methyl sites for hydroxylation is 2. The summed E-state index contributed by atoms with van der Waals surface area (Å²) in [7, 11) is 0. The molecule has 1 aromatic carbocycles. The van der Waals surface area contributed by atoms with Gasteiger partial charge < -0.3 is 14.6 Å². The lowest BCUT2D eigenvalue weighted by molar-refractivity contribution is 0.0976. The minimum Gasteiger partial charge on any atom is -0.424 e. The first kappa shape index (κ1) is 17.5. The van der Waals surface area contributed by atoms with Crippen molar-refractivity contribution in [2.24, 2.45) is 0 Å². The molecule has 0 unspecified atom stereocenters. The van der Waals surface area contributed by atoms with Gasteiger partial charge in [0, 0.05) is 24.1 Å². The van der Waals surface area contributed by atoms with Gasteiger partial charge in [0.1, 0.15) is 17.1 Å². The number of benzene rings is 1. The van der Waals surface area contributed by atoms with E-state index >= 15 is 0 Å². The summed E-state index contributed by atoms with van der Waals surface area (Å²) >= 11 is 5.19. The number of aromatic nitrogens is 3. The van der Waals surface area contributed by atoms with Gasteiger partial charge in [0.15, 0.2) is 5.11 Å². The molecule has 2 heterocycles. The lowest BCUT2D eigenvalue weighted by atomic mass is 10.2. The summed E-state index contributed by atoms with van der Waals surface area (Å²) in [6.07, 6.45) is 3.17. The fourth-order valence-corrected chi connectivity index (χ4v) is 2.43. The summed E-state index contributed by atoms with van der Waals surface area (Å²) in [5, 5.41) is 9.42. The predicted molar refractivity (Wildman–Crippen MR) is 98.2 cm³/mol. The molecule has 0 atom stereocenters. The molecule has 8 nitrogen and oxygen atoms in total. The average molecular weight is 369 g/mol. The monoisotopic (exact) mass is 369 g/mol. The van der Waals surface area contributed by atoms with Crippen LogP contribution in [-0.2, 0) is 0 Å². The second-order valence-electron chi connectivity index (χ2n) is 5.27. The average Bonchev–Trinajstić information content (AvgIpc) is 2.94. The number of amides is 1. The Morgan fingerprint density at radius 2 is 1.96 bits per heavy atom. The van der Waals surface area contributed by atoms with Crippen LogP contribution in [0.1, 0.15) is 21.8 Å². The molecule has 0 aliphatic carbocycles. The van der Waals surface area contributed by atoms with Gasteiger partial charge in [-0.15, -0.1) is 0 Å². The summed E-state index contributed by atoms with van der Waals surface area (Å²) in [5.41, 5.74) is 1.51. The molecule has 0 saturated heterocycles. The number of rotatable bonds is 4. The number of hydrogen-bond donors (Lipinski definition) is 2. The van der Waals surface area contributed by atoms with Crippen molar-refractivity contribution in [1.29, 1.82) is 0 Å². The van der Waals surface area contributed by atoms with Crippen LogP contribution in [0.25, 0.3) is 0 Å². The van der Waals surface area contributed by atoms with Crippen LogP contribution < -0.4 is 15.4 Å². The van der Waals surface area contributed by atoms with Crippen LogP contribution >= 0.6 is 12.2 Å². The van der Waals surface area contributed by atoms with Crippen molar-refractivity contribution in [1.82, 2.24) is 20.4 Å². The lowest BCUT2D eigenvalue weighted by Crippen LogP contribution is -2.34. The highest BCUT2D eigenvalue weighted by atomic mass is 32.1. The Kier molecular flexibility index (Phi) is 5.18. The quantitative estimate of drug-likeness (QED) is 0.677. The summed E-state index contributed by atoms with van der Waals surface area (Å²) in [6, 6.07) is 8.97. The van der Waals surface area contributed by atoms with E-state index in [-0.39, 0.29) is 17.0 Å². The summed E-state index contributed by atoms with van der Waals surface area (Å²) in [4.78, 5) is 20.3. The Hall–Kier alpha value is -3.33. The molecule has 1 amide bonds. The van der Waals surface area contributed by atoms with Gasteiger partial charge in [-0.2, -0.15) is 0 Å². The van der Waals surface area contributed by atoms with Gasteiger partial charge in [-0.1, -0.05) is 11.2 Å². The highest BCUT2D eigenvalue weighted by molar-refractivity contribution is 7.80. The summed E-state index contributed by atoms with van der Waals surface area (Å²) in [5.74, 6) is 0.575. The van der Waals surface area contributed by atoms with E-state index in [9.17, 15) is 4.79 Å². The van der Waals surface area contributed by atoms with Gasteiger partial charge in [-0.05, 0) is 44.3 Å². The van der Waals surface area contributed by atoms with Crippen molar-refractivity contribution < 1.29 is 14.1 Å². The van der Waals surface area contributed by atoms with Gasteiger partial charge in [0.2, 0.25) is 0 Å². The Morgan fingerprint density at radius 3 is 2.65 bits per heavy atom. The fourth-order valence-electron chi connectivity index (χ4n) is 2.22. The topological polar surface area (TPSA) is 102 Å². The molecule has 0 aliphatic rings. The number of nitrogens with zero attached hydrogens (tertiary/aromatic N) is 3. The van der Waals surface area contributed by atoms with Crippen LogP contribution in [0.5, 0.6) is 11.8 Å². The van der Waals surface area contributed by atoms with Gasteiger partial charge in [-0.25, -0.2) is 9.97 Å². The predicted octanol–water partition coefficient (Wildman–Crippen LogP) is 3.00. The number of hydrogen-bond acceptors (Lipinski definition) is 7. The van der Waals surface area contributed by atoms with Gasteiger partial charge in [0.05, 0.1) is 5.69 Å². The molecule has 132 valence electrons. The molecule has 26 heavy (non-hydrogen) atoms. The summed E-state index contributed by atoms with van der Waals surface area (Å²) in [6.45, 7) is 3.35. The third-order valence-corrected chi connectivity index (χ3v) is 3.53. The van der Waals surface area contributed by atoms with E-state index in [1.54, 1.807) is 56.6 Å². The van der Waals surface area contributed by atoms with Gasteiger partial charge >= 0.3 is 6.01 Å². The van der Waals surface area contributed by atoms with Crippen molar-refractivity contribution >= 4 is 28.9 Å². The zero-order valence-electron chi connectivity index (χ0n) is 14.0. The van der Waals surface area contributed by atoms with Crippen LogP contribution in [0.2, 0.25) is 0 Å². The number of anilines is 1. The second kappa shape index (κ2) is 7.70. The largest absolute Gasteiger partial charge is 0.424 e. The maximum Gasteiger partial charge on any atom is 0.321 e. The molecule has 3 rings (SSSR count). The first-order chi connectivity index (χ1) is 12.5.